The number of ether oxygens (including phenoxy) is 7. The van der Waals surface area contributed by atoms with Gasteiger partial charge in [-0.25, -0.2) is 0 Å². The summed E-state index contributed by atoms with van der Waals surface area (Å²) < 4.78 is 38.7. The van der Waals surface area contributed by atoms with Gasteiger partial charge in [0.1, 0.15) is 104 Å². The van der Waals surface area contributed by atoms with E-state index in [2.05, 4.69) is 5.32 Å². The van der Waals surface area contributed by atoms with Crippen LogP contribution in [0.5, 0.6) is 0 Å². The number of aliphatic hydroxyl groups is 16. The van der Waals surface area contributed by atoms with Crippen molar-refractivity contribution in [3.8, 4) is 0 Å². The highest BCUT2D eigenvalue weighted by atomic mass is 16.8. The summed E-state index contributed by atoms with van der Waals surface area (Å²) in [5.41, 5.74) is -0.00324. The van der Waals surface area contributed by atoms with Crippen molar-refractivity contribution < 1.29 is 115 Å². The molecule has 0 spiro atoms. The van der Waals surface area contributed by atoms with E-state index in [-0.39, 0.29) is 5.57 Å². The van der Waals surface area contributed by atoms with Crippen LogP contribution in [0.4, 0.5) is 0 Å². The molecule has 4 saturated heterocycles. The predicted molar refractivity (Wildman–Crippen MR) is 170 cm³/mol. The molecule has 0 amide bonds. The molecule has 0 saturated carbocycles. The molecule has 1 aliphatic carbocycles. The lowest BCUT2D eigenvalue weighted by Gasteiger charge is -2.49. The molecule has 0 radical (unpaired) electrons. The molecule has 4 fully saturated rings. The molecule has 5 rings (SSSR count). The Hall–Kier alpha value is -1.22. The van der Waals surface area contributed by atoms with E-state index in [4.69, 9.17) is 33.2 Å². The van der Waals surface area contributed by atoms with Crippen LogP contribution in [0, 0.1) is 0 Å². The Kier molecular flexibility index (Phi) is 15.3. The maximum absolute atomic E-state index is 11.1. The Balaban J connectivity index is 1.22. The minimum Gasteiger partial charge on any atom is -0.394 e. The number of nitrogens with one attached hydrogen (secondary N) is 1. The van der Waals surface area contributed by atoms with Crippen LogP contribution in [0.25, 0.3) is 0 Å². The van der Waals surface area contributed by atoms with Gasteiger partial charge in [0.25, 0.3) is 0 Å². The summed E-state index contributed by atoms with van der Waals surface area (Å²) in [7, 11) is 0. The highest BCUT2D eigenvalue weighted by Gasteiger charge is 2.55. The highest BCUT2D eigenvalue weighted by Crippen LogP contribution is 2.34. The number of hydrogen-bond donors (Lipinski definition) is 17. The molecule has 0 aromatic carbocycles. The summed E-state index contributed by atoms with van der Waals surface area (Å²) in [6.45, 7) is -1.84. The van der Waals surface area contributed by atoms with E-state index in [0.717, 1.165) is 0 Å². The van der Waals surface area contributed by atoms with E-state index in [9.17, 15) is 81.7 Å². The Morgan fingerprint density at radius 3 is 1.38 bits per heavy atom. The minimum absolute atomic E-state index is 0.00324. The summed E-state index contributed by atoms with van der Waals surface area (Å²) in [4.78, 5) is 0. The zero-order valence-electron chi connectivity index (χ0n) is 29.3. The SMILES string of the molecule is C[C@H]1O[C@H](O[C@H]2[C@H](O)[C@@H](O)[C@@H](O[C@H]3[C@H](O)[C@@H](O)[C@@H](O[C@H]4[C@H](O)[C@@H](O)[C@@H](O)O[C@@H]4CO)O[C@@H]3CO)O[C@@H]2CO)[C@H](O)[C@@H](O)[C@@H]1N[C@H]1C=C(CO)[C@@H](O)[C@H](O)[C@H]1O. The van der Waals surface area contributed by atoms with Crippen LogP contribution >= 0.6 is 0 Å². The van der Waals surface area contributed by atoms with Crippen LogP contribution in [0.2, 0.25) is 0 Å². The van der Waals surface area contributed by atoms with Crippen molar-refractivity contribution in [1.29, 1.82) is 0 Å². The van der Waals surface area contributed by atoms with Crippen molar-refractivity contribution in [3.63, 3.8) is 0 Å². The van der Waals surface area contributed by atoms with Gasteiger partial charge in [0.15, 0.2) is 25.2 Å². The average molecular weight is 808 g/mol. The number of aliphatic hydroxyl groups excluding tert-OH is 16. The number of rotatable bonds is 12. The molecule has 4 aliphatic heterocycles. The molecule has 320 valence electrons. The second-order valence-electron chi connectivity index (χ2n) is 14.2. The first-order valence-corrected chi connectivity index (χ1v) is 17.6. The van der Waals surface area contributed by atoms with Gasteiger partial charge in [-0.3, -0.25) is 0 Å². The molecule has 24 atom stereocenters. The molecular weight excluding hydrogens is 754 g/mol. The molecule has 0 aromatic rings. The van der Waals surface area contributed by atoms with E-state index in [1.807, 2.05) is 0 Å². The van der Waals surface area contributed by atoms with Gasteiger partial charge >= 0.3 is 0 Å². The summed E-state index contributed by atoms with van der Waals surface area (Å²) in [5.74, 6) is 0. The van der Waals surface area contributed by atoms with Crippen LogP contribution in [-0.4, -0.2) is 255 Å². The zero-order valence-corrected chi connectivity index (χ0v) is 29.3. The van der Waals surface area contributed by atoms with Crippen molar-refractivity contribution >= 4 is 0 Å². The third kappa shape index (κ3) is 9.03. The third-order valence-corrected chi connectivity index (χ3v) is 10.6. The fourth-order valence-electron chi connectivity index (χ4n) is 7.30. The summed E-state index contributed by atoms with van der Waals surface area (Å²) in [6, 6.07) is -2.26. The summed E-state index contributed by atoms with van der Waals surface area (Å²) >= 11 is 0. The van der Waals surface area contributed by atoms with E-state index in [1.54, 1.807) is 0 Å². The van der Waals surface area contributed by atoms with Crippen LogP contribution in [0.3, 0.4) is 0 Å². The summed E-state index contributed by atoms with van der Waals surface area (Å²) in [6.07, 6.45) is -36.9. The first-order chi connectivity index (χ1) is 26.0. The Morgan fingerprint density at radius 2 is 0.927 bits per heavy atom. The quantitative estimate of drug-likeness (QED) is 0.0814. The molecule has 5 aliphatic rings. The fraction of sp³-hybridized carbons (Fsp3) is 0.935. The van der Waals surface area contributed by atoms with Crippen molar-refractivity contribution in [2.45, 2.75) is 154 Å². The van der Waals surface area contributed by atoms with E-state index in [1.165, 1.54) is 13.0 Å². The Bertz CT molecular complexity index is 1250. The van der Waals surface area contributed by atoms with Crippen molar-refractivity contribution in [2.75, 3.05) is 26.4 Å². The van der Waals surface area contributed by atoms with Crippen LogP contribution in [0.15, 0.2) is 11.6 Å². The first-order valence-electron chi connectivity index (χ1n) is 17.6. The van der Waals surface area contributed by atoms with Gasteiger partial charge in [0, 0.05) is 0 Å². The second-order valence-corrected chi connectivity index (χ2v) is 14.2. The molecule has 4 heterocycles. The first kappa shape index (κ1) is 44.9. The van der Waals surface area contributed by atoms with Gasteiger partial charge in [-0.2, -0.15) is 0 Å². The van der Waals surface area contributed by atoms with E-state index in [0.29, 0.717) is 0 Å². The van der Waals surface area contributed by atoms with Gasteiger partial charge in [0.05, 0.1) is 44.6 Å². The van der Waals surface area contributed by atoms with Crippen molar-refractivity contribution in [2.24, 2.45) is 0 Å². The molecule has 17 N–H and O–H groups in total. The Morgan fingerprint density at radius 1 is 0.509 bits per heavy atom. The number of hydrogen-bond acceptors (Lipinski definition) is 24. The lowest BCUT2D eigenvalue weighted by atomic mass is 9.86. The largest absolute Gasteiger partial charge is 0.394 e. The van der Waals surface area contributed by atoms with E-state index < -0.39 is 174 Å². The molecule has 0 aromatic heterocycles. The fourth-order valence-corrected chi connectivity index (χ4v) is 7.30. The Labute approximate surface area is 312 Å². The predicted octanol–water partition coefficient (Wildman–Crippen LogP) is -10.7. The molecule has 55 heavy (non-hydrogen) atoms. The third-order valence-electron chi connectivity index (χ3n) is 10.6. The summed E-state index contributed by atoms with van der Waals surface area (Å²) in [5, 5.41) is 169. The smallest absolute Gasteiger partial charge is 0.187 e. The van der Waals surface area contributed by atoms with Crippen LogP contribution in [0.1, 0.15) is 6.92 Å². The van der Waals surface area contributed by atoms with Gasteiger partial charge in [-0.1, -0.05) is 6.08 Å². The minimum atomic E-state index is -2.04. The van der Waals surface area contributed by atoms with Crippen LogP contribution in [-0.2, 0) is 33.2 Å². The standard InChI is InChI=1S/C31H53NO23/c1-7-13(32-9-2-8(3-33)14(37)17(40)15(9)38)16(39)22(45)29(49-7)53-26-11(5-35)51-31(23(46)19(26)42)55-27-12(6-36)52-30(24(47)20(27)43)54-25-10(4-34)50-28(48)21(44)18(25)41/h2,7,9-48H,3-6H2,1H3/t7-,9+,10-,11-,12-,13-,14-,15+,16+,17+,18-,19-,20-,21-,22-,23-,24-,25-,26-,27-,28+,29-,30-,31-/m1/s1. The highest BCUT2D eigenvalue weighted by molar-refractivity contribution is 5.22. The molecular formula is C31H53NO23. The molecule has 24 nitrogen and oxygen atoms in total. The topological polar surface area (TPSA) is 400 Å². The van der Waals surface area contributed by atoms with E-state index >= 15 is 0 Å². The van der Waals surface area contributed by atoms with Crippen molar-refractivity contribution in [3.05, 3.63) is 11.6 Å². The maximum Gasteiger partial charge on any atom is 0.187 e. The van der Waals surface area contributed by atoms with Crippen molar-refractivity contribution in [1.82, 2.24) is 5.32 Å². The zero-order chi connectivity index (χ0) is 40.6. The maximum atomic E-state index is 11.1. The monoisotopic (exact) mass is 807 g/mol. The van der Waals surface area contributed by atoms with Gasteiger partial charge in [-0.05, 0) is 12.5 Å². The van der Waals surface area contributed by atoms with Gasteiger partial charge in [0.2, 0.25) is 0 Å². The lowest BCUT2D eigenvalue weighted by Crippen LogP contribution is -2.68. The lowest BCUT2D eigenvalue weighted by molar-refractivity contribution is -0.385. The molecule has 0 bridgehead atoms. The van der Waals surface area contributed by atoms with Gasteiger partial charge < -0.3 is 120 Å². The molecule has 24 heteroatoms. The van der Waals surface area contributed by atoms with Gasteiger partial charge in [-0.15, -0.1) is 0 Å². The molecule has 0 unspecified atom stereocenters. The second kappa shape index (κ2) is 18.8. The van der Waals surface area contributed by atoms with Crippen LogP contribution < -0.4 is 5.32 Å². The normalized spacial score (nSPS) is 52.5. The average Bonchev–Trinajstić information content (AvgIpc) is 3.17.